The maximum atomic E-state index is 12.1. The van der Waals surface area contributed by atoms with Gasteiger partial charge in [0.05, 0.1) is 16.7 Å². The highest BCUT2D eigenvalue weighted by molar-refractivity contribution is 6.42. The van der Waals surface area contributed by atoms with E-state index in [1.165, 1.54) is 0 Å². The molecule has 2 rings (SSSR count). The molecular formula is C14H16Cl2O3. The molecule has 3 nitrogen and oxygen atoms in total. The van der Waals surface area contributed by atoms with Crippen LogP contribution in [0.1, 0.15) is 32.8 Å². The van der Waals surface area contributed by atoms with E-state index in [2.05, 4.69) is 0 Å². The van der Waals surface area contributed by atoms with Crippen molar-refractivity contribution < 1.29 is 14.3 Å². The van der Waals surface area contributed by atoms with Gasteiger partial charge in [0, 0.05) is 5.56 Å². The second-order valence-corrected chi connectivity index (χ2v) is 5.42. The highest BCUT2D eigenvalue weighted by atomic mass is 35.5. The van der Waals surface area contributed by atoms with Crippen molar-refractivity contribution in [1.82, 2.24) is 0 Å². The van der Waals surface area contributed by atoms with Crippen molar-refractivity contribution in [3.63, 3.8) is 0 Å². The Bertz CT molecular complexity index is 517. The fourth-order valence-electron chi connectivity index (χ4n) is 2.51. The summed E-state index contributed by atoms with van der Waals surface area (Å²) in [6.07, 6.45) is 0.519. The zero-order valence-corrected chi connectivity index (χ0v) is 12.6. The van der Waals surface area contributed by atoms with Gasteiger partial charge in [0.2, 0.25) is 0 Å². The number of halogens is 2. The first kappa shape index (κ1) is 14.6. The largest absolute Gasteiger partial charge is 0.464 e. The molecular weight excluding hydrogens is 287 g/mol. The first-order chi connectivity index (χ1) is 8.93. The van der Waals surface area contributed by atoms with Crippen LogP contribution in [0.3, 0.4) is 0 Å². The second kappa shape index (κ2) is 4.97. The van der Waals surface area contributed by atoms with Gasteiger partial charge in [0.15, 0.2) is 5.60 Å². The van der Waals surface area contributed by atoms with Crippen molar-refractivity contribution in [1.29, 1.82) is 0 Å². The number of rotatable bonds is 4. The standard InChI is InChI=1S/C14H16Cl2O3/c1-4-14(12(17)18-5-2)13(3,19-14)9-7-6-8-10(15)11(9)16/h6-8H,4-5H2,1-3H3. The van der Waals surface area contributed by atoms with E-state index in [-0.39, 0.29) is 5.97 Å². The fourth-order valence-corrected chi connectivity index (χ4v) is 2.99. The number of hydrogen-bond donors (Lipinski definition) is 0. The molecule has 0 amide bonds. The summed E-state index contributed by atoms with van der Waals surface area (Å²) in [7, 11) is 0. The van der Waals surface area contributed by atoms with Gasteiger partial charge in [-0.15, -0.1) is 0 Å². The molecule has 0 aliphatic carbocycles. The van der Waals surface area contributed by atoms with Crippen LogP contribution in [0.5, 0.6) is 0 Å². The van der Waals surface area contributed by atoms with Crippen LogP contribution >= 0.6 is 23.2 Å². The van der Waals surface area contributed by atoms with Crippen LogP contribution in [0, 0.1) is 0 Å². The molecule has 0 spiro atoms. The van der Waals surface area contributed by atoms with Crippen LogP contribution in [0.4, 0.5) is 0 Å². The number of esters is 1. The minimum absolute atomic E-state index is 0.323. The van der Waals surface area contributed by atoms with E-state index in [4.69, 9.17) is 32.7 Å². The normalized spacial score (nSPS) is 29.1. The lowest BCUT2D eigenvalue weighted by atomic mass is 9.86. The number of epoxide rings is 1. The van der Waals surface area contributed by atoms with Crippen LogP contribution < -0.4 is 0 Å². The summed E-state index contributed by atoms with van der Waals surface area (Å²) in [5, 5.41) is 0.871. The SMILES string of the molecule is CCOC(=O)C1(CC)OC1(C)c1cccc(Cl)c1Cl. The molecule has 0 radical (unpaired) electrons. The highest BCUT2D eigenvalue weighted by Crippen LogP contribution is 2.60. The monoisotopic (exact) mass is 302 g/mol. The van der Waals surface area contributed by atoms with Crippen molar-refractivity contribution in [2.24, 2.45) is 0 Å². The zero-order chi connectivity index (χ0) is 14.3. The predicted octanol–water partition coefficient (Wildman–Crippen LogP) is 3.95. The molecule has 1 fully saturated rings. The van der Waals surface area contributed by atoms with Gasteiger partial charge in [-0.25, -0.2) is 4.79 Å². The Morgan fingerprint density at radius 1 is 1.37 bits per heavy atom. The van der Waals surface area contributed by atoms with Crippen molar-refractivity contribution in [3.8, 4) is 0 Å². The van der Waals surface area contributed by atoms with Gasteiger partial charge in [0.1, 0.15) is 5.60 Å². The Balaban J connectivity index is 2.41. The van der Waals surface area contributed by atoms with Gasteiger partial charge in [0.25, 0.3) is 0 Å². The highest BCUT2D eigenvalue weighted by Gasteiger charge is 2.73. The summed E-state index contributed by atoms with van der Waals surface area (Å²) < 4.78 is 10.9. The maximum absolute atomic E-state index is 12.1. The van der Waals surface area contributed by atoms with Crippen LogP contribution in [-0.4, -0.2) is 18.2 Å². The Labute approximate surface area is 122 Å². The summed E-state index contributed by atoms with van der Waals surface area (Å²) in [6, 6.07) is 5.32. The average Bonchev–Trinajstić information content (AvgIpc) is 3.01. The Morgan fingerprint density at radius 3 is 2.63 bits per heavy atom. The molecule has 0 bridgehead atoms. The number of benzene rings is 1. The predicted molar refractivity (Wildman–Crippen MR) is 74.6 cm³/mol. The molecule has 2 unspecified atom stereocenters. The molecule has 2 atom stereocenters. The van der Waals surface area contributed by atoms with Gasteiger partial charge in [-0.2, -0.15) is 0 Å². The third-order valence-electron chi connectivity index (χ3n) is 3.68. The quantitative estimate of drug-likeness (QED) is 0.624. The average molecular weight is 303 g/mol. The van der Waals surface area contributed by atoms with Gasteiger partial charge < -0.3 is 9.47 Å². The Kier molecular flexibility index (Phi) is 3.83. The molecule has 5 heteroatoms. The molecule has 1 saturated heterocycles. The minimum Gasteiger partial charge on any atom is -0.464 e. The molecule has 0 saturated carbocycles. The van der Waals surface area contributed by atoms with Gasteiger partial charge in [-0.1, -0.05) is 42.3 Å². The van der Waals surface area contributed by atoms with Crippen LogP contribution in [0.15, 0.2) is 18.2 Å². The number of carbonyl (C=O) groups is 1. The first-order valence-corrected chi connectivity index (χ1v) is 7.00. The van der Waals surface area contributed by atoms with Crippen LogP contribution in [0.25, 0.3) is 0 Å². The maximum Gasteiger partial charge on any atom is 0.341 e. The van der Waals surface area contributed by atoms with Gasteiger partial charge >= 0.3 is 5.97 Å². The molecule has 1 aliphatic rings. The molecule has 104 valence electrons. The number of ether oxygens (including phenoxy) is 2. The summed E-state index contributed by atoms with van der Waals surface area (Å²) >= 11 is 12.2. The molecule has 1 heterocycles. The van der Waals surface area contributed by atoms with Crippen molar-refractivity contribution in [3.05, 3.63) is 33.8 Å². The van der Waals surface area contributed by atoms with E-state index in [1.54, 1.807) is 19.1 Å². The molecule has 0 N–H and O–H groups in total. The molecule has 19 heavy (non-hydrogen) atoms. The van der Waals surface area contributed by atoms with E-state index in [0.717, 1.165) is 5.56 Å². The third kappa shape index (κ3) is 2.04. The second-order valence-electron chi connectivity index (χ2n) is 4.64. The molecule has 0 aromatic heterocycles. The number of hydrogen-bond acceptors (Lipinski definition) is 3. The van der Waals surface area contributed by atoms with E-state index in [9.17, 15) is 4.79 Å². The first-order valence-electron chi connectivity index (χ1n) is 6.24. The van der Waals surface area contributed by atoms with Crippen molar-refractivity contribution in [2.75, 3.05) is 6.61 Å². The van der Waals surface area contributed by atoms with Gasteiger partial charge in [-0.3, -0.25) is 0 Å². The molecule has 1 aromatic carbocycles. The smallest absolute Gasteiger partial charge is 0.341 e. The van der Waals surface area contributed by atoms with E-state index in [1.807, 2.05) is 19.9 Å². The third-order valence-corrected chi connectivity index (χ3v) is 4.49. The van der Waals surface area contributed by atoms with Gasteiger partial charge in [-0.05, 0) is 26.3 Å². The molecule has 1 aliphatic heterocycles. The number of carbonyl (C=O) groups excluding carboxylic acids is 1. The van der Waals surface area contributed by atoms with E-state index >= 15 is 0 Å². The van der Waals surface area contributed by atoms with E-state index in [0.29, 0.717) is 23.1 Å². The lowest BCUT2D eigenvalue weighted by Gasteiger charge is -2.16. The van der Waals surface area contributed by atoms with Crippen molar-refractivity contribution in [2.45, 2.75) is 38.4 Å². The molecule has 1 aromatic rings. The summed E-state index contributed by atoms with van der Waals surface area (Å²) in [5.41, 5.74) is -1.02. The minimum atomic E-state index is -0.961. The van der Waals surface area contributed by atoms with Crippen LogP contribution in [0.2, 0.25) is 10.0 Å². The lowest BCUT2D eigenvalue weighted by molar-refractivity contribution is -0.149. The lowest BCUT2D eigenvalue weighted by Crippen LogP contribution is -2.33. The zero-order valence-electron chi connectivity index (χ0n) is 11.1. The van der Waals surface area contributed by atoms with Crippen LogP contribution in [-0.2, 0) is 19.9 Å². The summed E-state index contributed by atoms with van der Waals surface area (Å²) in [4.78, 5) is 12.1. The van der Waals surface area contributed by atoms with E-state index < -0.39 is 11.2 Å². The van der Waals surface area contributed by atoms with Crippen molar-refractivity contribution >= 4 is 29.2 Å². The fraction of sp³-hybridized carbons (Fsp3) is 0.500. The Hall–Kier alpha value is -0.770. The topological polar surface area (TPSA) is 38.8 Å². The summed E-state index contributed by atoms with van der Waals surface area (Å²) in [5.74, 6) is -0.351. The Morgan fingerprint density at radius 2 is 2.05 bits per heavy atom. The summed E-state index contributed by atoms with van der Waals surface area (Å²) in [6.45, 7) is 5.82.